The van der Waals surface area contributed by atoms with Crippen LogP contribution in [0.25, 0.3) is 11.3 Å². The molecular weight excluding hydrogens is 282 g/mol. The second kappa shape index (κ2) is 6.75. The zero-order chi connectivity index (χ0) is 13.7. The van der Waals surface area contributed by atoms with Crippen LogP contribution in [0.5, 0.6) is 5.75 Å². The van der Waals surface area contributed by atoms with Gasteiger partial charge in [-0.1, -0.05) is 18.5 Å². The molecule has 0 radical (unpaired) electrons. The molecule has 0 amide bonds. The highest BCUT2D eigenvalue weighted by Gasteiger charge is 2.10. The van der Waals surface area contributed by atoms with Crippen LogP contribution in [-0.4, -0.2) is 23.6 Å². The van der Waals surface area contributed by atoms with Crippen LogP contribution in [-0.2, 0) is 0 Å². The molecule has 1 heterocycles. The average Bonchev–Trinajstić information content (AvgIpc) is 2.45. The van der Waals surface area contributed by atoms with Crippen molar-refractivity contribution in [1.29, 1.82) is 0 Å². The maximum Gasteiger partial charge on any atom is 0.155 e. The quantitative estimate of drug-likeness (QED) is 0.857. The van der Waals surface area contributed by atoms with Gasteiger partial charge in [-0.3, -0.25) is 9.71 Å². The van der Waals surface area contributed by atoms with Crippen LogP contribution in [0.4, 0.5) is 0 Å². The van der Waals surface area contributed by atoms with E-state index in [9.17, 15) is 0 Å². The topological polar surface area (TPSA) is 47.0 Å². The number of aromatic nitrogens is 2. The van der Waals surface area contributed by atoms with E-state index in [0.29, 0.717) is 10.8 Å². The third-order valence-electron chi connectivity index (χ3n) is 2.42. The lowest BCUT2D eigenvalue weighted by Crippen LogP contribution is -2.01. The minimum atomic E-state index is 0.395. The van der Waals surface area contributed by atoms with E-state index in [2.05, 4.69) is 14.7 Å². The smallest absolute Gasteiger partial charge is 0.155 e. The van der Waals surface area contributed by atoms with Crippen molar-refractivity contribution in [3.05, 3.63) is 35.7 Å². The number of benzene rings is 1. The molecule has 0 saturated carbocycles. The van der Waals surface area contributed by atoms with Gasteiger partial charge in [0.05, 0.1) is 12.0 Å². The van der Waals surface area contributed by atoms with E-state index in [1.165, 1.54) is 11.9 Å². The third kappa shape index (κ3) is 3.37. The van der Waals surface area contributed by atoms with Gasteiger partial charge in [0.2, 0.25) is 0 Å². The Bertz CT molecular complexity index is 565. The molecule has 0 spiro atoms. The highest BCUT2D eigenvalue weighted by Crippen LogP contribution is 2.33. The molecule has 1 aromatic heterocycles. The third-order valence-corrected chi connectivity index (χ3v) is 3.67. The molecule has 0 atom stereocenters. The van der Waals surface area contributed by atoms with Crippen LogP contribution in [0, 0.1) is 0 Å². The molecule has 0 fully saturated rings. The number of halogens is 1. The Hall–Kier alpha value is -1.30. The molecule has 2 rings (SSSR count). The number of hydrogen-bond donors (Lipinski definition) is 1. The zero-order valence-corrected chi connectivity index (χ0v) is 12.3. The number of nitrogens with one attached hydrogen (secondary N) is 1. The van der Waals surface area contributed by atoms with E-state index in [1.807, 2.05) is 25.1 Å². The Labute approximate surface area is 121 Å². The summed E-state index contributed by atoms with van der Waals surface area (Å²) in [4.78, 5) is 9.29. The Balaban J connectivity index is 2.40. The number of methoxy groups -OCH3 is 1. The van der Waals surface area contributed by atoms with Crippen LogP contribution in [0.2, 0.25) is 5.15 Å². The Morgan fingerprint density at radius 3 is 2.79 bits per heavy atom. The lowest BCUT2D eigenvalue weighted by Gasteiger charge is -2.10. The summed E-state index contributed by atoms with van der Waals surface area (Å²) >= 11 is 7.58. The molecule has 19 heavy (non-hydrogen) atoms. The predicted molar refractivity (Wildman–Crippen MR) is 78.6 cm³/mol. The first-order chi connectivity index (χ1) is 9.26. The standard InChI is InChI=1S/C13H14ClN3OS/c1-3-17-19-11-8-9(4-5-10(11)18-2)12-13(14)16-7-6-15-12/h4-8,17H,3H2,1-2H3. The van der Waals surface area contributed by atoms with E-state index < -0.39 is 0 Å². The van der Waals surface area contributed by atoms with Crippen LogP contribution >= 0.6 is 23.5 Å². The molecule has 6 heteroatoms. The zero-order valence-electron chi connectivity index (χ0n) is 10.7. The van der Waals surface area contributed by atoms with Gasteiger partial charge in [-0.25, -0.2) is 4.98 Å². The highest BCUT2D eigenvalue weighted by molar-refractivity contribution is 7.97. The number of ether oxygens (including phenoxy) is 1. The second-order valence-electron chi connectivity index (χ2n) is 3.66. The van der Waals surface area contributed by atoms with Gasteiger partial charge in [0, 0.05) is 24.5 Å². The first kappa shape index (κ1) is 14.1. The number of nitrogens with zero attached hydrogens (tertiary/aromatic N) is 2. The lowest BCUT2D eigenvalue weighted by atomic mass is 10.1. The van der Waals surface area contributed by atoms with Crippen molar-refractivity contribution in [2.75, 3.05) is 13.7 Å². The van der Waals surface area contributed by atoms with Crippen molar-refractivity contribution in [3.63, 3.8) is 0 Å². The summed E-state index contributed by atoms with van der Waals surface area (Å²) in [6.07, 6.45) is 3.20. The van der Waals surface area contributed by atoms with Crippen molar-refractivity contribution in [2.24, 2.45) is 0 Å². The lowest BCUT2D eigenvalue weighted by molar-refractivity contribution is 0.405. The minimum absolute atomic E-state index is 0.395. The predicted octanol–water partition coefficient (Wildman–Crippen LogP) is 3.42. The van der Waals surface area contributed by atoms with Gasteiger partial charge in [0.15, 0.2) is 5.15 Å². The number of rotatable bonds is 5. The maximum absolute atomic E-state index is 6.06. The molecule has 1 N–H and O–H groups in total. The van der Waals surface area contributed by atoms with Gasteiger partial charge in [-0.2, -0.15) is 0 Å². The molecule has 0 bridgehead atoms. The van der Waals surface area contributed by atoms with Gasteiger partial charge in [0.1, 0.15) is 11.4 Å². The molecule has 0 saturated heterocycles. The van der Waals surface area contributed by atoms with Crippen LogP contribution < -0.4 is 9.46 Å². The summed E-state index contributed by atoms with van der Waals surface area (Å²) < 4.78 is 8.53. The van der Waals surface area contributed by atoms with E-state index in [-0.39, 0.29) is 0 Å². The highest BCUT2D eigenvalue weighted by atomic mass is 35.5. The van der Waals surface area contributed by atoms with Gasteiger partial charge < -0.3 is 4.74 Å². The van der Waals surface area contributed by atoms with Crippen LogP contribution in [0.15, 0.2) is 35.5 Å². The summed E-state index contributed by atoms with van der Waals surface area (Å²) in [6, 6.07) is 5.81. The normalized spacial score (nSPS) is 10.5. The van der Waals surface area contributed by atoms with Crippen LogP contribution in [0.1, 0.15) is 6.92 Å². The van der Waals surface area contributed by atoms with E-state index in [1.54, 1.807) is 19.5 Å². The molecule has 0 aliphatic rings. The van der Waals surface area contributed by atoms with Crippen LogP contribution in [0.3, 0.4) is 0 Å². The minimum Gasteiger partial charge on any atom is -0.496 e. The van der Waals surface area contributed by atoms with Gasteiger partial charge in [0.25, 0.3) is 0 Å². The summed E-state index contributed by atoms with van der Waals surface area (Å²) in [5, 5.41) is 0.395. The molecule has 0 aliphatic heterocycles. The summed E-state index contributed by atoms with van der Waals surface area (Å²) in [5.74, 6) is 0.815. The van der Waals surface area contributed by atoms with Gasteiger partial charge in [-0.15, -0.1) is 0 Å². The molecule has 100 valence electrons. The molecule has 4 nitrogen and oxygen atoms in total. The van der Waals surface area contributed by atoms with E-state index in [0.717, 1.165) is 22.8 Å². The summed E-state index contributed by atoms with van der Waals surface area (Å²) in [7, 11) is 1.65. The van der Waals surface area contributed by atoms with Crippen molar-refractivity contribution in [3.8, 4) is 17.0 Å². The van der Waals surface area contributed by atoms with E-state index >= 15 is 0 Å². The summed E-state index contributed by atoms with van der Waals surface area (Å²) in [5.41, 5.74) is 1.59. The van der Waals surface area contributed by atoms with Crippen molar-refractivity contribution < 1.29 is 4.74 Å². The SMILES string of the molecule is CCNSc1cc(-c2nccnc2Cl)ccc1OC. The van der Waals surface area contributed by atoms with Crippen molar-refractivity contribution >= 4 is 23.5 Å². The second-order valence-corrected chi connectivity index (χ2v) is 4.95. The monoisotopic (exact) mass is 295 g/mol. The van der Waals surface area contributed by atoms with Crippen molar-refractivity contribution in [2.45, 2.75) is 11.8 Å². The molecular formula is C13H14ClN3OS. The fourth-order valence-corrected chi connectivity index (χ4v) is 2.52. The first-order valence-corrected chi connectivity index (χ1v) is 7.00. The Morgan fingerprint density at radius 2 is 2.11 bits per heavy atom. The molecule has 2 aromatic rings. The Kier molecular flexibility index (Phi) is 5.01. The maximum atomic E-state index is 6.06. The molecule has 0 aliphatic carbocycles. The number of hydrogen-bond acceptors (Lipinski definition) is 5. The first-order valence-electron chi connectivity index (χ1n) is 5.81. The van der Waals surface area contributed by atoms with Crippen molar-refractivity contribution in [1.82, 2.24) is 14.7 Å². The molecule has 0 unspecified atom stereocenters. The summed E-state index contributed by atoms with van der Waals surface area (Å²) in [6.45, 7) is 2.91. The van der Waals surface area contributed by atoms with E-state index in [4.69, 9.17) is 16.3 Å². The molecule has 1 aromatic carbocycles. The fourth-order valence-electron chi connectivity index (χ4n) is 1.57. The van der Waals surface area contributed by atoms with Gasteiger partial charge >= 0.3 is 0 Å². The largest absolute Gasteiger partial charge is 0.496 e. The fraction of sp³-hybridized carbons (Fsp3) is 0.231. The van der Waals surface area contributed by atoms with Gasteiger partial charge in [-0.05, 0) is 30.1 Å². The Morgan fingerprint density at radius 1 is 1.32 bits per heavy atom. The average molecular weight is 296 g/mol.